The predicted molar refractivity (Wildman–Crippen MR) is 104 cm³/mol. The SMILES string of the molecule is Cc1oc(-c2ccccc2)nc1COC(=O)CCc1nc2ccccc2s1. The molecule has 0 aliphatic rings. The first-order valence-corrected chi connectivity index (χ1v) is 9.52. The molecule has 2 heterocycles. The number of hydrogen-bond donors (Lipinski definition) is 0. The highest BCUT2D eigenvalue weighted by Crippen LogP contribution is 2.23. The van der Waals surface area contributed by atoms with Gasteiger partial charge in [0.1, 0.15) is 18.1 Å². The largest absolute Gasteiger partial charge is 0.459 e. The van der Waals surface area contributed by atoms with E-state index in [-0.39, 0.29) is 12.6 Å². The van der Waals surface area contributed by atoms with Crippen molar-refractivity contribution in [2.24, 2.45) is 0 Å². The number of thiazole rings is 1. The maximum Gasteiger partial charge on any atom is 0.306 e. The van der Waals surface area contributed by atoms with Gasteiger partial charge in [-0.2, -0.15) is 0 Å². The molecule has 4 aromatic rings. The summed E-state index contributed by atoms with van der Waals surface area (Å²) >= 11 is 1.61. The first-order chi connectivity index (χ1) is 13.2. The molecule has 0 aliphatic carbocycles. The fourth-order valence-corrected chi connectivity index (χ4v) is 3.69. The predicted octanol–water partition coefficient (Wildman–Crippen LogP) is 4.94. The van der Waals surface area contributed by atoms with Crippen molar-refractivity contribution in [3.63, 3.8) is 0 Å². The van der Waals surface area contributed by atoms with E-state index in [1.807, 2.05) is 61.5 Å². The van der Waals surface area contributed by atoms with E-state index < -0.39 is 0 Å². The third kappa shape index (κ3) is 4.06. The van der Waals surface area contributed by atoms with Crippen LogP contribution in [0.15, 0.2) is 59.0 Å². The van der Waals surface area contributed by atoms with Crippen LogP contribution in [-0.2, 0) is 22.6 Å². The van der Waals surface area contributed by atoms with Crippen molar-refractivity contribution < 1.29 is 13.9 Å². The number of esters is 1. The number of carbonyl (C=O) groups excluding carboxylic acids is 1. The molecule has 0 saturated heterocycles. The highest BCUT2D eigenvalue weighted by Gasteiger charge is 2.14. The lowest BCUT2D eigenvalue weighted by Gasteiger charge is -2.02. The monoisotopic (exact) mass is 378 g/mol. The van der Waals surface area contributed by atoms with Gasteiger partial charge in [0.2, 0.25) is 5.89 Å². The van der Waals surface area contributed by atoms with Crippen LogP contribution in [0.1, 0.15) is 22.9 Å². The Hall–Kier alpha value is -2.99. The van der Waals surface area contributed by atoms with Crippen molar-refractivity contribution in [1.29, 1.82) is 0 Å². The number of aromatic nitrogens is 2. The first-order valence-electron chi connectivity index (χ1n) is 8.71. The Labute approximate surface area is 160 Å². The molecule has 0 fully saturated rings. The number of nitrogens with zero attached hydrogens (tertiary/aromatic N) is 2. The molecule has 6 heteroatoms. The molecule has 0 saturated carbocycles. The summed E-state index contributed by atoms with van der Waals surface area (Å²) in [5.74, 6) is 0.930. The molecule has 0 amide bonds. The molecule has 0 unspecified atom stereocenters. The van der Waals surface area contributed by atoms with Crippen LogP contribution in [-0.4, -0.2) is 15.9 Å². The number of para-hydroxylation sites is 1. The summed E-state index contributed by atoms with van der Waals surface area (Å²) < 4.78 is 12.2. The summed E-state index contributed by atoms with van der Waals surface area (Å²) in [6.07, 6.45) is 0.869. The topological polar surface area (TPSA) is 65.2 Å². The Morgan fingerprint density at radius 3 is 2.67 bits per heavy atom. The van der Waals surface area contributed by atoms with Gasteiger partial charge in [-0.3, -0.25) is 4.79 Å². The lowest BCUT2D eigenvalue weighted by atomic mass is 10.2. The molecule has 0 spiro atoms. The Morgan fingerprint density at radius 2 is 1.85 bits per heavy atom. The van der Waals surface area contributed by atoms with E-state index in [1.165, 1.54) is 0 Å². The van der Waals surface area contributed by atoms with Crippen LogP contribution in [0.25, 0.3) is 21.7 Å². The van der Waals surface area contributed by atoms with E-state index in [9.17, 15) is 4.79 Å². The summed E-state index contributed by atoms with van der Waals surface area (Å²) in [4.78, 5) is 21.1. The third-order valence-corrected chi connectivity index (χ3v) is 5.26. The molecule has 27 heavy (non-hydrogen) atoms. The second kappa shape index (κ2) is 7.72. The summed E-state index contributed by atoms with van der Waals surface area (Å²) in [6.45, 7) is 1.94. The quantitative estimate of drug-likeness (QED) is 0.445. The van der Waals surface area contributed by atoms with Gasteiger partial charge in [-0.25, -0.2) is 9.97 Å². The summed E-state index contributed by atoms with van der Waals surface area (Å²) in [7, 11) is 0. The number of benzene rings is 2. The van der Waals surface area contributed by atoms with Crippen LogP contribution in [0.4, 0.5) is 0 Å². The van der Waals surface area contributed by atoms with Crippen molar-refractivity contribution in [1.82, 2.24) is 9.97 Å². The maximum absolute atomic E-state index is 12.1. The zero-order chi connectivity index (χ0) is 18.6. The lowest BCUT2D eigenvalue weighted by Crippen LogP contribution is -2.06. The van der Waals surface area contributed by atoms with E-state index in [1.54, 1.807) is 11.3 Å². The van der Waals surface area contributed by atoms with Gasteiger partial charge in [-0.15, -0.1) is 11.3 Å². The maximum atomic E-state index is 12.1. The number of oxazole rings is 1. The lowest BCUT2D eigenvalue weighted by molar-refractivity contribution is -0.145. The number of carbonyl (C=O) groups is 1. The van der Waals surface area contributed by atoms with Crippen molar-refractivity contribution in [3.05, 3.63) is 71.1 Å². The molecule has 0 N–H and O–H groups in total. The second-order valence-electron chi connectivity index (χ2n) is 6.12. The number of fused-ring (bicyclic) bond motifs is 1. The Kier molecular flexibility index (Phi) is 4.98. The number of hydrogen-bond acceptors (Lipinski definition) is 6. The Bertz CT molecular complexity index is 1040. The minimum absolute atomic E-state index is 0.112. The molecular weight excluding hydrogens is 360 g/mol. The molecule has 5 nitrogen and oxygen atoms in total. The molecule has 4 rings (SSSR count). The molecule has 2 aromatic carbocycles. The fraction of sp³-hybridized carbons (Fsp3) is 0.190. The van der Waals surface area contributed by atoms with Gasteiger partial charge in [0.05, 0.1) is 21.6 Å². The van der Waals surface area contributed by atoms with Crippen LogP contribution in [0.5, 0.6) is 0 Å². The van der Waals surface area contributed by atoms with Crippen molar-refractivity contribution in [3.8, 4) is 11.5 Å². The van der Waals surface area contributed by atoms with Crippen molar-refractivity contribution >= 4 is 27.5 Å². The normalized spacial score (nSPS) is 11.0. The third-order valence-electron chi connectivity index (χ3n) is 4.16. The van der Waals surface area contributed by atoms with Crippen LogP contribution >= 0.6 is 11.3 Å². The second-order valence-corrected chi connectivity index (χ2v) is 7.24. The highest BCUT2D eigenvalue weighted by molar-refractivity contribution is 7.18. The van der Waals surface area contributed by atoms with Crippen LogP contribution < -0.4 is 0 Å². The Morgan fingerprint density at radius 1 is 1.07 bits per heavy atom. The zero-order valence-corrected chi connectivity index (χ0v) is 15.7. The minimum Gasteiger partial charge on any atom is -0.459 e. The fourth-order valence-electron chi connectivity index (χ4n) is 2.72. The standard InChI is InChI=1S/C21H18N2O3S/c1-14-17(23-21(26-14)15-7-3-2-4-8-15)13-25-20(24)12-11-19-22-16-9-5-6-10-18(16)27-19/h2-10H,11-13H2,1H3. The van der Waals surface area contributed by atoms with Crippen LogP contribution in [0, 0.1) is 6.92 Å². The van der Waals surface area contributed by atoms with Gasteiger partial charge in [-0.05, 0) is 31.2 Å². The molecule has 0 radical (unpaired) electrons. The van der Waals surface area contributed by atoms with Crippen LogP contribution in [0.3, 0.4) is 0 Å². The van der Waals surface area contributed by atoms with Gasteiger partial charge < -0.3 is 9.15 Å². The van der Waals surface area contributed by atoms with Gasteiger partial charge in [0.15, 0.2) is 0 Å². The minimum atomic E-state index is -0.266. The van der Waals surface area contributed by atoms with E-state index in [2.05, 4.69) is 9.97 Å². The first kappa shape index (κ1) is 17.4. The van der Waals surface area contributed by atoms with Crippen molar-refractivity contribution in [2.75, 3.05) is 0 Å². The van der Waals surface area contributed by atoms with E-state index >= 15 is 0 Å². The molecule has 0 aliphatic heterocycles. The van der Waals surface area contributed by atoms with Gasteiger partial charge in [-0.1, -0.05) is 30.3 Å². The van der Waals surface area contributed by atoms with Crippen LogP contribution in [0.2, 0.25) is 0 Å². The highest BCUT2D eigenvalue weighted by atomic mass is 32.1. The zero-order valence-electron chi connectivity index (χ0n) is 14.8. The Balaban J connectivity index is 1.33. The summed E-state index contributed by atoms with van der Waals surface area (Å²) in [6, 6.07) is 17.6. The van der Waals surface area contributed by atoms with Crippen molar-refractivity contribution in [2.45, 2.75) is 26.4 Å². The summed E-state index contributed by atoms with van der Waals surface area (Å²) in [5.41, 5.74) is 2.51. The van der Waals surface area contributed by atoms with E-state index in [0.717, 1.165) is 20.8 Å². The van der Waals surface area contributed by atoms with E-state index in [4.69, 9.17) is 9.15 Å². The molecular formula is C21H18N2O3S. The van der Waals surface area contributed by atoms with Gasteiger partial charge in [0.25, 0.3) is 0 Å². The number of ether oxygens (including phenoxy) is 1. The van der Waals surface area contributed by atoms with Gasteiger partial charge in [0, 0.05) is 12.0 Å². The molecule has 136 valence electrons. The number of rotatable bonds is 6. The smallest absolute Gasteiger partial charge is 0.306 e. The molecule has 2 aromatic heterocycles. The average molecular weight is 378 g/mol. The van der Waals surface area contributed by atoms with Gasteiger partial charge >= 0.3 is 5.97 Å². The average Bonchev–Trinajstić information content (AvgIpc) is 3.28. The summed E-state index contributed by atoms with van der Waals surface area (Å²) in [5, 5.41) is 0.942. The molecule has 0 atom stereocenters. The number of aryl methyl sites for hydroxylation is 2. The van der Waals surface area contributed by atoms with E-state index in [0.29, 0.717) is 30.2 Å². The molecule has 0 bridgehead atoms.